The molecule has 0 aromatic carbocycles. The summed E-state index contributed by atoms with van der Waals surface area (Å²) in [6.07, 6.45) is 0.318. The SMILES string of the molecule is O=C(Nc1cc(Nc2nc(-c3cccc(C(F)(F)F)n3)nn3cccc23)ccn1)[C@@H]1CCCN1. The summed E-state index contributed by atoms with van der Waals surface area (Å²) in [5.74, 6) is 0.585. The Morgan fingerprint density at radius 2 is 2.03 bits per heavy atom. The van der Waals surface area contributed by atoms with Crippen molar-refractivity contribution in [3.63, 3.8) is 0 Å². The van der Waals surface area contributed by atoms with Crippen LogP contribution < -0.4 is 16.0 Å². The first-order valence-corrected chi connectivity index (χ1v) is 10.5. The van der Waals surface area contributed by atoms with E-state index >= 15 is 0 Å². The Morgan fingerprint density at radius 1 is 1.15 bits per heavy atom. The fourth-order valence-corrected chi connectivity index (χ4v) is 3.69. The van der Waals surface area contributed by atoms with Crippen LogP contribution in [0.5, 0.6) is 0 Å². The van der Waals surface area contributed by atoms with Gasteiger partial charge in [0.1, 0.15) is 22.7 Å². The summed E-state index contributed by atoms with van der Waals surface area (Å²) in [7, 11) is 0. The van der Waals surface area contributed by atoms with Gasteiger partial charge in [-0.05, 0) is 49.7 Å². The van der Waals surface area contributed by atoms with Crippen molar-refractivity contribution < 1.29 is 18.0 Å². The van der Waals surface area contributed by atoms with Crippen molar-refractivity contribution in [2.24, 2.45) is 0 Å². The van der Waals surface area contributed by atoms with E-state index in [-0.39, 0.29) is 23.5 Å². The number of carbonyl (C=O) groups is 1. The van der Waals surface area contributed by atoms with Crippen molar-refractivity contribution in [2.45, 2.75) is 25.1 Å². The molecule has 5 rings (SSSR count). The van der Waals surface area contributed by atoms with Crippen molar-refractivity contribution in [3.05, 3.63) is 60.6 Å². The number of alkyl halides is 3. The normalized spacial score (nSPS) is 16.0. The predicted octanol–water partition coefficient (Wildman–Crippen LogP) is 3.64. The average molecular weight is 468 g/mol. The topological polar surface area (TPSA) is 109 Å². The number of carbonyl (C=O) groups excluding carboxylic acids is 1. The van der Waals surface area contributed by atoms with Crippen LogP contribution in [0.25, 0.3) is 17.0 Å². The largest absolute Gasteiger partial charge is 0.433 e. The van der Waals surface area contributed by atoms with E-state index in [2.05, 4.69) is 36.0 Å². The van der Waals surface area contributed by atoms with Gasteiger partial charge in [0, 0.05) is 24.1 Å². The Bertz CT molecular complexity index is 1350. The number of fused-ring (bicyclic) bond motifs is 1. The standard InChI is InChI=1S/C22H19F3N8O/c23-22(24,25)17-7-1-4-14(29-17)19-31-20(16-6-3-11-33(16)32-19)28-13-8-10-27-18(12-13)30-21(34)15-5-2-9-26-15/h1,3-4,6-8,10-12,15,26H,2,5,9H2,(H2,27,28,30,31,32,34)/t15-/m0/s1. The first-order valence-electron chi connectivity index (χ1n) is 10.5. The van der Waals surface area contributed by atoms with E-state index in [1.807, 2.05) is 0 Å². The second-order valence-corrected chi connectivity index (χ2v) is 7.72. The number of nitrogens with zero attached hydrogens (tertiary/aromatic N) is 5. The molecule has 4 aromatic rings. The molecular weight excluding hydrogens is 449 g/mol. The second kappa shape index (κ2) is 8.71. The summed E-state index contributed by atoms with van der Waals surface area (Å²) in [5, 5.41) is 13.4. The molecule has 0 radical (unpaired) electrons. The van der Waals surface area contributed by atoms with Crippen LogP contribution in [0.15, 0.2) is 54.9 Å². The van der Waals surface area contributed by atoms with Crippen LogP contribution in [-0.4, -0.2) is 43.1 Å². The number of amides is 1. The van der Waals surface area contributed by atoms with E-state index in [0.29, 0.717) is 22.8 Å². The first kappa shape index (κ1) is 21.8. The molecule has 1 aliphatic heterocycles. The van der Waals surface area contributed by atoms with Crippen LogP contribution >= 0.6 is 0 Å². The van der Waals surface area contributed by atoms with E-state index in [1.54, 1.807) is 30.5 Å². The Labute approximate surface area is 191 Å². The Balaban J connectivity index is 1.45. The molecular formula is C22H19F3N8O. The third-order valence-electron chi connectivity index (χ3n) is 5.31. The lowest BCUT2D eigenvalue weighted by molar-refractivity contribution is -0.141. The van der Waals surface area contributed by atoms with Gasteiger partial charge in [0.15, 0.2) is 5.82 Å². The highest BCUT2D eigenvalue weighted by Crippen LogP contribution is 2.29. The molecule has 174 valence electrons. The summed E-state index contributed by atoms with van der Waals surface area (Å²) in [6.45, 7) is 0.803. The molecule has 1 saturated heterocycles. The average Bonchev–Trinajstić information content (AvgIpc) is 3.51. The molecule has 12 heteroatoms. The Morgan fingerprint density at radius 3 is 2.82 bits per heavy atom. The Hall–Kier alpha value is -4.06. The van der Waals surface area contributed by atoms with Crippen molar-refractivity contribution in [1.82, 2.24) is 29.9 Å². The van der Waals surface area contributed by atoms with Crippen LogP contribution in [0.3, 0.4) is 0 Å². The van der Waals surface area contributed by atoms with E-state index in [1.165, 1.54) is 22.8 Å². The van der Waals surface area contributed by atoms with Gasteiger partial charge in [0.2, 0.25) is 11.7 Å². The van der Waals surface area contributed by atoms with Gasteiger partial charge in [-0.1, -0.05) is 6.07 Å². The minimum atomic E-state index is -4.58. The fourth-order valence-electron chi connectivity index (χ4n) is 3.69. The highest BCUT2D eigenvalue weighted by atomic mass is 19.4. The molecule has 5 heterocycles. The number of rotatable bonds is 5. The van der Waals surface area contributed by atoms with Crippen LogP contribution in [0.2, 0.25) is 0 Å². The van der Waals surface area contributed by atoms with Crippen molar-refractivity contribution in [3.8, 4) is 11.5 Å². The predicted molar refractivity (Wildman–Crippen MR) is 118 cm³/mol. The maximum atomic E-state index is 13.1. The lowest BCUT2D eigenvalue weighted by Gasteiger charge is -2.13. The minimum absolute atomic E-state index is 0.0137. The molecule has 0 spiro atoms. The summed E-state index contributed by atoms with van der Waals surface area (Å²) in [5.41, 5.74) is 0.143. The van der Waals surface area contributed by atoms with E-state index in [9.17, 15) is 18.0 Å². The molecule has 34 heavy (non-hydrogen) atoms. The fraction of sp³-hybridized carbons (Fsp3) is 0.227. The molecule has 0 saturated carbocycles. The monoisotopic (exact) mass is 468 g/mol. The number of hydrogen-bond acceptors (Lipinski definition) is 7. The summed E-state index contributed by atoms with van der Waals surface area (Å²) in [6, 6.07) is 10.2. The van der Waals surface area contributed by atoms with Crippen molar-refractivity contribution >= 4 is 28.7 Å². The molecule has 1 atom stereocenters. The molecule has 0 unspecified atom stereocenters. The van der Waals surface area contributed by atoms with E-state index < -0.39 is 11.9 Å². The molecule has 1 aliphatic rings. The highest BCUT2D eigenvalue weighted by Gasteiger charge is 2.32. The van der Waals surface area contributed by atoms with Crippen LogP contribution in [0.4, 0.5) is 30.5 Å². The van der Waals surface area contributed by atoms with Gasteiger partial charge in [-0.25, -0.2) is 19.5 Å². The zero-order chi connectivity index (χ0) is 23.7. The smallest absolute Gasteiger partial charge is 0.338 e. The van der Waals surface area contributed by atoms with Crippen LogP contribution in [0.1, 0.15) is 18.5 Å². The third kappa shape index (κ3) is 4.53. The lowest BCUT2D eigenvalue weighted by Crippen LogP contribution is -2.35. The van der Waals surface area contributed by atoms with Crippen LogP contribution in [-0.2, 0) is 11.0 Å². The van der Waals surface area contributed by atoms with Gasteiger partial charge < -0.3 is 16.0 Å². The van der Waals surface area contributed by atoms with Gasteiger partial charge >= 0.3 is 6.18 Å². The minimum Gasteiger partial charge on any atom is -0.338 e. The summed E-state index contributed by atoms with van der Waals surface area (Å²) in [4.78, 5) is 24.7. The van der Waals surface area contributed by atoms with Crippen LogP contribution in [0, 0.1) is 0 Å². The van der Waals surface area contributed by atoms with Gasteiger partial charge in [0.05, 0.1) is 6.04 Å². The molecule has 1 fully saturated rings. The zero-order valence-corrected chi connectivity index (χ0v) is 17.7. The summed E-state index contributed by atoms with van der Waals surface area (Å²) >= 11 is 0. The Kier molecular flexibility index (Phi) is 5.57. The zero-order valence-electron chi connectivity index (χ0n) is 17.7. The van der Waals surface area contributed by atoms with Gasteiger partial charge in [-0.2, -0.15) is 13.2 Å². The highest BCUT2D eigenvalue weighted by molar-refractivity contribution is 5.94. The number of halogens is 3. The van der Waals surface area contributed by atoms with Gasteiger partial charge in [-0.15, -0.1) is 5.10 Å². The number of aromatic nitrogens is 5. The number of pyridine rings is 2. The lowest BCUT2D eigenvalue weighted by atomic mass is 10.2. The molecule has 4 aromatic heterocycles. The quantitative estimate of drug-likeness (QED) is 0.410. The van der Waals surface area contributed by atoms with E-state index in [0.717, 1.165) is 25.5 Å². The third-order valence-corrected chi connectivity index (χ3v) is 5.31. The molecule has 0 aliphatic carbocycles. The summed E-state index contributed by atoms with van der Waals surface area (Å²) < 4.78 is 40.9. The number of anilines is 3. The van der Waals surface area contributed by atoms with Gasteiger partial charge in [0.25, 0.3) is 0 Å². The van der Waals surface area contributed by atoms with Crippen molar-refractivity contribution in [1.29, 1.82) is 0 Å². The van der Waals surface area contributed by atoms with Gasteiger partial charge in [-0.3, -0.25) is 4.79 Å². The second-order valence-electron chi connectivity index (χ2n) is 7.72. The first-order chi connectivity index (χ1) is 16.4. The molecule has 9 nitrogen and oxygen atoms in total. The molecule has 3 N–H and O–H groups in total. The maximum absolute atomic E-state index is 13.1. The molecule has 1 amide bonds. The maximum Gasteiger partial charge on any atom is 0.433 e. The van der Waals surface area contributed by atoms with E-state index in [4.69, 9.17) is 0 Å². The number of nitrogens with one attached hydrogen (secondary N) is 3. The number of hydrogen-bond donors (Lipinski definition) is 3. The molecule has 0 bridgehead atoms. The van der Waals surface area contributed by atoms with Crippen molar-refractivity contribution in [2.75, 3.05) is 17.2 Å².